The van der Waals surface area contributed by atoms with E-state index in [4.69, 9.17) is 14.2 Å². The van der Waals surface area contributed by atoms with Crippen molar-refractivity contribution in [3.8, 4) is 5.75 Å². The Labute approximate surface area is 191 Å². The van der Waals surface area contributed by atoms with E-state index in [1.54, 1.807) is 14.0 Å². The van der Waals surface area contributed by atoms with Crippen LogP contribution in [0.15, 0.2) is 51.6 Å². The zero-order valence-corrected chi connectivity index (χ0v) is 19.2. The molecule has 3 heterocycles. The molecule has 9 heteroatoms. The summed E-state index contributed by atoms with van der Waals surface area (Å²) in [4.78, 5) is 32.1. The van der Waals surface area contributed by atoms with Crippen LogP contribution in [0, 0.1) is 0 Å². The van der Waals surface area contributed by atoms with Crippen LogP contribution in [0.5, 0.6) is 5.75 Å². The monoisotopic (exact) mass is 457 g/mol. The van der Waals surface area contributed by atoms with E-state index >= 15 is 0 Å². The fourth-order valence-corrected chi connectivity index (χ4v) is 5.15. The second-order valence-corrected chi connectivity index (χ2v) is 8.58. The van der Waals surface area contributed by atoms with Crippen LogP contribution in [0.3, 0.4) is 0 Å². The summed E-state index contributed by atoms with van der Waals surface area (Å²) in [6.07, 6.45) is 2.23. The summed E-state index contributed by atoms with van der Waals surface area (Å²) in [5.41, 5.74) is 2.58. The van der Waals surface area contributed by atoms with E-state index in [1.807, 2.05) is 34.6 Å². The number of ether oxygens (including phenoxy) is 3. The maximum Gasteiger partial charge on any atom is 0.338 e. The number of esters is 1. The average Bonchev–Trinajstić information content (AvgIpc) is 3.46. The number of hydrogen-bond acceptors (Lipinski definition) is 8. The molecule has 0 aliphatic carbocycles. The Morgan fingerprint density at radius 2 is 2.12 bits per heavy atom. The molecule has 32 heavy (non-hydrogen) atoms. The number of thioether (sulfide) groups is 1. The van der Waals surface area contributed by atoms with Crippen molar-refractivity contribution in [2.45, 2.75) is 38.3 Å². The maximum absolute atomic E-state index is 12.8. The number of amidine groups is 1. The molecule has 0 bridgehead atoms. The number of amides is 1. The van der Waals surface area contributed by atoms with Crippen LogP contribution in [-0.4, -0.2) is 55.4 Å². The Balaban J connectivity index is 1.63. The summed E-state index contributed by atoms with van der Waals surface area (Å²) in [5.74, 6) is 0.0885. The van der Waals surface area contributed by atoms with Gasteiger partial charge in [-0.05, 0) is 31.2 Å². The van der Waals surface area contributed by atoms with Crippen molar-refractivity contribution in [2.75, 3.05) is 27.4 Å². The molecule has 1 amide bonds. The van der Waals surface area contributed by atoms with Gasteiger partial charge in [0.2, 0.25) is 5.91 Å². The number of aliphatic imine (C=N–C) groups is 1. The molecule has 2 atom stereocenters. The number of para-hydroxylation sites is 1. The molecule has 0 radical (unpaired) electrons. The molecule has 1 aromatic carbocycles. The van der Waals surface area contributed by atoms with Gasteiger partial charge in [-0.3, -0.25) is 4.79 Å². The molecule has 8 nitrogen and oxygen atoms in total. The predicted octanol–water partition coefficient (Wildman–Crippen LogP) is 3.13. The zero-order valence-electron chi connectivity index (χ0n) is 18.4. The molecule has 1 aromatic rings. The van der Waals surface area contributed by atoms with Gasteiger partial charge in [0.25, 0.3) is 0 Å². The van der Waals surface area contributed by atoms with Gasteiger partial charge in [0.15, 0.2) is 5.17 Å². The molecule has 4 rings (SSSR count). The number of rotatable bonds is 7. The number of nitrogens with one attached hydrogen (secondary N) is 1. The number of allylic oxidation sites excluding steroid dienone is 1. The molecule has 0 spiro atoms. The molecule has 170 valence electrons. The van der Waals surface area contributed by atoms with Crippen molar-refractivity contribution in [2.24, 2.45) is 4.99 Å². The summed E-state index contributed by atoms with van der Waals surface area (Å²) in [6.45, 7) is 3.05. The smallest absolute Gasteiger partial charge is 0.338 e. The van der Waals surface area contributed by atoms with E-state index in [9.17, 15) is 9.59 Å². The number of fused-ring (bicyclic) bond motifs is 1. The molecule has 1 saturated heterocycles. The Bertz CT molecular complexity index is 997. The number of methoxy groups -OCH3 is 2. The fraction of sp³-hybridized carbons (Fsp3) is 0.435. The van der Waals surface area contributed by atoms with Crippen molar-refractivity contribution >= 4 is 28.8 Å². The van der Waals surface area contributed by atoms with E-state index in [0.717, 1.165) is 30.7 Å². The van der Waals surface area contributed by atoms with Crippen LogP contribution in [0.25, 0.3) is 0 Å². The topological polar surface area (TPSA) is 89.5 Å². The third-order valence-electron chi connectivity index (χ3n) is 5.73. The van der Waals surface area contributed by atoms with Crippen LogP contribution < -0.4 is 10.1 Å². The van der Waals surface area contributed by atoms with Gasteiger partial charge in [0.1, 0.15) is 5.75 Å². The molecule has 0 unspecified atom stereocenters. The minimum absolute atomic E-state index is 0.0795. The summed E-state index contributed by atoms with van der Waals surface area (Å²) in [6, 6.07) is 7.03. The van der Waals surface area contributed by atoms with E-state index in [1.165, 1.54) is 18.9 Å². The Kier molecular flexibility index (Phi) is 6.86. The van der Waals surface area contributed by atoms with E-state index in [2.05, 4.69) is 10.3 Å². The molecule has 0 saturated carbocycles. The number of nitrogens with zero attached hydrogens (tertiary/aromatic N) is 2. The van der Waals surface area contributed by atoms with Gasteiger partial charge in [-0.25, -0.2) is 9.79 Å². The summed E-state index contributed by atoms with van der Waals surface area (Å²) >= 11 is 1.44. The predicted molar refractivity (Wildman–Crippen MR) is 122 cm³/mol. The maximum atomic E-state index is 12.8. The van der Waals surface area contributed by atoms with Crippen molar-refractivity contribution in [3.63, 3.8) is 0 Å². The van der Waals surface area contributed by atoms with E-state index in [0.29, 0.717) is 28.7 Å². The lowest BCUT2D eigenvalue weighted by atomic mass is 9.93. The number of carbonyl (C=O) groups is 2. The first-order chi connectivity index (χ1) is 15.5. The van der Waals surface area contributed by atoms with Crippen LogP contribution >= 0.6 is 11.8 Å². The first-order valence-electron chi connectivity index (χ1n) is 10.6. The highest BCUT2D eigenvalue weighted by molar-refractivity contribution is 8.16. The summed E-state index contributed by atoms with van der Waals surface area (Å²) in [5, 5.41) is 5.60. The lowest BCUT2D eigenvalue weighted by Gasteiger charge is -2.36. The minimum Gasteiger partial charge on any atom is -0.496 e. The molecule has 3 aliphatic rings. The quantitative estimate of drug-likeness (QED) is 0.629. The second-order valence-electron chi connectivity index (χ2n) is 7.74. The molecule has 1 fully saturated rings. The van der Waals surface area contributed by atoms with Crippen molar-refractivity contribution < 1.29 is 23.8 Å². The number of benzene rings is 1. The third kappa shape index (κ3) is 4.40. The summed E-state index contributed by atoms with van der Waals surface area (Å²) in [7, 11) is 2.95. The fourth-order valence-electron chi connectivity index (χ4n) is 4.19. The van der Waals surface area contributed by atoms with Gasteiger partial charge in [-0.15, -0.1) is 0 Å². The normalized spacial score (nSPS) is 22.3. The second kappa shape index (κ2) is 9.79. The van der Waals surface area contributed by atoms with Gasteiger partial charge < -0.3 is 24.4 Å². The lowest BCUT2D eigenvalue weighted by Crippen LogP contribution is -2.38. The number of carbonyl (C=O) groups excluding carboxylic acids is 2. The van der Waals surface area contributed by atoms with Crippen LogP contribution in [-0.2, 0) is 19.1 Å². The highest BCUT2D eigenvalue weighted by Crippen LogP contribution is 2.46. The highest BCUT2D eigenvalue weighted by atomic mass is 32.2. The minimum atomic E-state index is -0.515. The van der Waals surface area contributed by atoms with Gasteiger partial charge in [-0.1, -0.05) is 30.0 Å². The van der Waals surface area contributed by atoms with Crippen LogP contribution in [0.2, 0.25) is 0 Å². The molecular formula is C23H27N3O5S. The molecular weight excluding hydrogens is 430 g/mol. The molecule has 3 aliphatic heterocycles. The Morgan fingerprint density at radius 1 is 1.31 bits per heavy atom. The molecule has 0 aromatic heterocycles. The van der Waals surface area contributed by atoms with E-state index in [-0.39, 0.29) is 18.4 Å². The van der Waals surface area contributed by atoms with Crippen molar-refractivity contribution in [3.05, 3.63) is 52.2 Å². The largest absolute Gasteiger partial charge is 0.496 e. The first-order valence-corrected chi connectivity index (χ1v) is 11.5. The third-order valence-corrected chi connectivity index (χ3v) is 6.62. The zero-order chi connectivity index (χ0) is 22.7. The van der Waals surface area contributed by atoms with Crippen LogP contribution in [0.4, 0.5) is 0 Å². The van der Waals surface area contributed by atoms with Crippen molar-refractivity contribution in [1.29, 1.82) is 0 Å². The van der Waals surface area contributed by atoms with E-state index < -0.39 is 12.0 Å². The average molecular weight is 458 g/mol. The first kappa shape index (κ1) is 22.4. The van der Waals surface area contributed by atoms with Crippen LogP contribution in [0.1, 0.15) is 37.8 Å². The number of hydrogen-bond donors (Lipinski definition) is 1. The van der Waals surface area contributed by atoms with Gasteiger partial charge >= 0.3 is 5.97 Å². The Morgan fingerprint density at radius 3 is 2.84 bits per heavy atom. The van der Waals surface area contributed by atoms with Gasteiger partial charge in [0.05, 0.1) is 44.1 Å². The molecule has 1 N–H and O–H groups in total. The highest BCUT2D eigenvalue weighted by Gasteiger charge is 2.42. The Hall–Kier alpha value is -2.78. The van der Waals surface area contributed by atoms with Gasteiger partial charge in [0, 0.05) is 24.4 Å². The van der Waals surface area contributed by atoms with Gasteiger partial charge in [-0.2, -0.15) is 0 Å². The lowest BCUT2D eigenvalue weighted by molar-refractivity contribution is -0.136. The summed E-state index contributed by atoms with van der Waals surface area (Å²) < 4.78 is 16.3. The SMILES string of the molecule is COC(=O)C1=C(C)N=C2SC=C(CC(=O)NC[C@H]3CCCO3)N2[C@H]1c1ccccc1OC. The standard InChI is InChI=1S/C23H27N3O5S/c1-14-20(22(28)30-3)21(17-8-4-5-9-18(17)29-2)26-15(13-32-23(26)25-14)11-19(27)24-12-16-7-6-10-31-16/h4-5,8-9,13,16,21H,6-7,10-12H2,1-3H3,(H,24,27)/t16-,21+/m1/s1. The van der Waals surface area contributed by atoms with Crippen molar-refractivity contribution in [1.82, 2.24) is 10.2 Å².